The van der Waals surface area contributed by atoms with Crippen LogP contribution < -0.4 is 10.1 Å². The summed E-state index contributed by atoms with van der Waals surface area (Å²) in [5.74, 6) is 0.126. The van der Waals surface area contributed by atoms with Crippen molar-refractivity contribution in [3.05, 3.63) is 18.3 Å². The lowest BCUT2D eigenvalue weighted by molar-refractivity contribution is -0.136. The van der Waals surface area contributed by atoms with E-state index in [9.17, 15) is 0 Å². The van der Waals surface area contributed by atoms with E-state index in [0.717, 1.165) is 5.69 Å². The quantitative estimate of drug-likeness (QED) is 0.864. The molecule has 0 radical (unpaired) electrons. The number of hydrogen-bond acceptors (Lipinski definition) is 5. The monoisotopic (exact) mass is 238 g/mol. The summed E-state index contributed by atoms with van der Waals surface area (Å²) in [6.07, 6.45) is 1.78. The smallest absolute Gasteiger partial charge is 0.214 e. The Morgan fingerprint density at radius 2 is 2.41 bits per heavy atom. The van der Waals surface area contributed by atoms with E-state index in [1.165, 1.54) is 0 Å². The molecule has 1 aliphatic rings. The van der Waals surface area contributed by atoms with E-state index in [1.807, 2.05) is 26.0 Å². The van der Waals surface area contributed by atoms with Crippen LogP contribution in [0, 0.1) is 0 Å². The number of aromatic nitrogens is 1. The van der Waals surface area contributed by atoms with E-state index in [2.05, 4.69) is 10.3 Å². The molecule has 0 aliphatic carbocycles. The van der Waals surface area contributed by atoms with Crippen molar-refractivity contribution in [3.63, 3.8) is 0 Å². The average Bonchev–Trinajstić information content (AvgIpc) is 2.67. The molecule has 5 nitrogen and oxygen atoms in total. The molecular weight excluding hydrogens is 220 g/mol. The Morgan fingerprint density at radius 3 is 3.06 bits per heavy atom. The number of nitrogens with one attached hydrogen (secondary N) is 1. The fraction of sp³-hybridized carbons (Fsp3) is 0.583. The fourth-order valence-corrected chi connectivity index (χ4v) is 1.73. The predicted molar refractivity (Wildman–Crippen MR) is 64.2 cm³/mol. The standard InChI is InChI=1S/C12H18N2O3/c1-12(2)16-8-10(17-12)7-14-9-4-5-13-11(6-9)15-3/h4-6,10H,7-8H2,1-3H3,(H,13,14). The van der Waals surface area contributed by atoms with Crippen molar-refractivity contribution in [3.8, 4) is 5.88 Å². The summed E-state index contributed by atoms with van der Waals surface area (Å²) in [6, 6.07) is 3.74. The molecule has 0 aromatic carbocycles. The van der Waals surface area contributed by atoms with Crippen molar-refractivity contribution >= 4 is 5.69 Å². The van der Waals surface area contributed by atoms with Gasteiger partial charge in [-0.1, -0.05) is 0 Å². The third kappa shape index (κ3) is 3.31. The van der Waals surface area contributed by atoms with Gasteiger partial charge in [0.15, 0.2) is 5.79 Å². The number of ether oxygens (including phenoxy) is 3. The summed E-state index contributed by atoms with van der Waals surface area (Å²) in [5.41, 5.74) is 0.963. The van der Waals surface area contributed by atoms with Gasteiger partial charge in [0, 0.05) is 24.5 Å². The molecule has 1 aromatic heterocycles. The summed E-state index contributed by atoms with van der Waals surface area (Å²) in [4.78, 5) is 4.04. The normalized spacial score (nSPS) is 22.4. The van der Waals surface area contributed by atoms with E-state index in [-0.39, 0.29) is 6.10 Å². The van der Waals surface area contributed by atoms with Crippen LogP contribution in [-0.2, 0) is 9.47 Å². The Hall–Kier alpha value is -1.33. The highest BCUT2D eigenvalue weighted by molar-refractivity contribution is 5.45. The maximum atomic E-state index is 5.70. The van der Waals surface area contributed by atoms with Crippen LogP contribution in [0.5, 0.6) is 5.88 Å². The summed E-state index contributed by atoms with van der Waals surface area (Å²) >= 11 is 0. The number of nitrogens with zero attached hydrogens (tertiary/aromatic N) is 1. The summed E-state index contributed by atoms with van der Waals surface area (Å²) in [7, 11) is 1.60. The van der Waals surface area contributed by atoms with Gasteiger partial charge in [-0.05, 0) is 19.9 Å². The molecule has 0 amide bonds. The number of anilines is 1. The highest BCUT2D eigenvalue weighted by atomic mass is 16.7. The second kappa shape index (κ2) is 4.89. The Labute approximate surface area is 101 Å². The van der Waals surface area contributed by atoms with Crippen LogP contribution >= 0.6 is 0 Å². The van der Waals surface area contributed by atoms with Gasteiger partial charge in [-0.2, -0.15) is 0 Å². The Kier molecular flexibility index (Phi) is 3.49. The number of pyridine rings is 1. The molecule has 1 N–H and O–H groups in total. The summed E-state index contributed by atoms with van der Waals surface area (Å²) < 4.78 is 16.2. The first-order chi connectivity index (χ1) is 8.09. The average molecular weight is 238 g/mol. The van der Waals surface area contributed by atoms with Crippen LogP contribution in [0.25, 0.3) is 0 Å². The maximum Gasteiger partial charge on any atom is 0.214 e. The molecule has 5 heteroatoms. The minimum absolute atomic E-state index is 0.0733. The zero-order valence-electron chi connectivity index (χ0n) is 10.4. The zero-order chi connectivity index (χ0) is 12.3. The molecule has 1 fully saturated rings. The molecule has 1 unspecified atom stereocenters. The van der Waals surface area contributed by atoms with Gasteiger partial charge in [-0.15, -0.1) is 0 Å². The molecule has 0 spiro atoms. The first kappa shape index (κ1) is 12.1. The number of methoxy groups -OCH3 is 1. The Morgan fingerprint density at radius 1 is 1.59 bits per heavy atom. The highest BCUT2D eigenvalue weighted by Crippen LogP contribution is 2.22. The molecule has 2 heterocycles. The zero-order valence-corrected chi connectivity index (χ0v) is 10.4. The van der Waals surface area contributed by atoms with E-state index in [1.54, 1.807) is 13.3 Å². The molecule has 0 bridgehead atoms. The molecule has 1 saturated heterocycles. The van der Waals surface area contributed by atoms with Crippen LogP contribution in [0.4, 0.5) is 5.69 Å². The minimum Gasteiger partial charge on any atom is -0.481 e. The second-order valence-corrected chi connectivity index (χ2v) is 4.42. The van der Waals surface area contributed by atoms with E-state index in [0.29, 0.717) is 19.0 Å². The third-order valence-electron chi connectivity index (χ3n) is 2.55. The third-order valence-corrected chi connectivity index (χ3v) is 2.55. The molecular formula is C12H18N2O3. The van der Waals surface area contributed by atoms with Crippen molar-refractivity contribution in [1.29, 1.82) is 0 Å². The van der Waals surface area contributed by atoms with Gasteiger partial charge in [0.05, 0.1) is 13.7 Å². The topological polar surface area (TPSA) is 52.6 Å². The molecule has 1 aliphatic heterocycles. The second-order valence-electron chi connectivity index (χ2n) is 4.42. The van der Waals surface area contributed by atoms with Crippen molar-refractivity contribution in [2.75, 3.05) is 25.6 Å². The van der Waals surface area contributed by atoms with Crippen molar-refractivity contribution in [2.24, 2.45) is 0 Å². The van der Waals surface area contributed by atoms with Crippen LogP contribution in [-0.4, -0.2) is 37.1 Å². The van der Waals surface area contributed by atoms with E-state index >= 15 is 0 Å². The highest BCUT2D eigenvalue weighted by Gasteiger charge is 2.32. The SMILES string of the molecule is COc1cc(NCC2COC(C)(C)O2)ccn1. The van der Waals surface area contributed by atoms with Crippen molar-refractivity contribution in [1.82, 2.24) is 4.98 Å². The first-order valence-electron chi connectivity index (χ1n) is 5.65. The van der Waals surface area contributed by atoms with Gasteiger partial charge >= 0.3 is 0 Å². The van der Waals surface area contributed by atoms with Gasteiger partial charge in [-0.3, -0.25) is 0 Å². The predicted octanol–water partition coefficient (Wildman–Crippen LogP) is 1.65. The summed E-state index contributed by atoms with van der Waals surface area (Å²) in [5, 5.41) is 3.27. The lowest BCUT2D eigenvalue weighted by atomic mass is 10.3. The largest absolute Gasteiger partial charge is 0.481 e. The Balaban J connectivity index is 1.86. The Bertz CT molecular complexity index is 382. The van der Waals surface area contributed by atoms with Crippen LogP contribution in [0.15, 0.2) is 18.3 Å². The fourth-order valence-electron chi connectivity index (χ4n) is 1.73. The molecule has 94 valence electrons. The van der Waals surface area contributed by atoms with E-state index < -0.39 is 5.79 Å². The van der Waals surface area contributed by atoms with Gasteiger partial charge in [0.25, 0.3) is 0 Å². The van der Waals surface area contributed by atoms with Gasteiger partial charge in [0.2, 0.25) is 5.88 Å². The molecule has 17 heavy (non-hydrogen) atoms. The van der Waals surface area contributed by atoms with Crippen molar-refractivity contribution in [2.45, 2.75) is 25.7 Å². The number of rotatable bonds is 4. The molecule has 2 rings (SSSR count). The van der Waals surface area contributed by atoms with Crippen LogP contribution in [0.2, 0.25) is 0 Å². The van der Waals surface area contributed by atoms with E-state index in [4.69, 9.17) is 14.2 Å². The van der Waals surface area contributed by atoms with Crippen LogP contribution in [0.1, 0.15) is 13.8 Å². The molecule has 0 saturated carbocycles. The lowest BCUT2D eigenvalue weighted by Crippen LogP contribution is -2.26. The number of hydrogen-bond donors (Lipinski definition) is 1. The van der Waals surface area contributed by atoms with Gasteiger partial charge in [0.1, 0.15) is 6.10 Å². The molecule has 1 aromatic rings. The lowest BCUT2D eigenvalue weighted by Gasteiger charge is -2.17. The van der Waals surface area contributed by atoms with Gasteiger partial charge < -0.3 is 19.5 Å². The molecule has 1 atom stereocenters. The van der Waals surface area contributed by atoms with Crippen LogP contribution in [0.3, 0.4) is 0 Å². The summed E-state index contributed by atoms with van der Waals surface area (Å²) in [6.45, 7) is 5.16. The van der Waals surface area contributed by atoms with Crippen molar-refractivity contribution < 1.29 is 14.2 Å². The maximum absolute atomic E-state index is 5.70. The first-order valence-corrected chi connectivity index (χ1v) is 5.65. The van der Waals surface area contributed by atoms with Gasteiger partial charge in [-0.25, -0.2) is 4.98 Å². The minimum atomic E-state index is -0.470.